The highest BCUT2D eigenvalue weighted by Gasteiger charge is 2.32. The number of rotatable bonds is 4. The maximum Gasteiger partial charge on any atom is 0.329 e. The fraction of sp³-hybridized carbons (Fsp3) is 0.111. The molecular weight excluding hydrogens is 260 g/mol. The standard InChI is InChI=1S/C9H4N4O6/c1-5-2-6(10-3-14)9(13(18)19)7(11-4-15)8(5)12(16)17/h2H,1H3. The van der Waals surface area contributed by atoms with E-state index in [9.17, 15) is 29.8 Å². The van der Waals surface area contributed by atoms with Gasteiger partial charge in [0.25, 0.3) is 0 Å². The van der Waals surface area contributed by atoms with Crippen molar-refractivity contribution in [3.05, 3.63) is 31.9 Å². The van der Waals surface area contributed by atoms with Gasteiger partial charge in [-0.15, -0.1) is 0 Å². The quantitative estimate of drug-likeness (QED) is 0.350. The summed E-state index contributed by atoms with van der Waals surface area (Å²) in [7, 11) is 0. The number of aryl methyl sites for hydroxylation is 1. The maximum absolute atomic E-state index is 10.9. The van der Waals surface area contributed by atoms with E-state index in [0.29, 0.717) is 0 Å². The monoisotopic (exact) mass is 264 g/mol. The van der Waals surface area contributed by atoms with Gasteiger partial charge < -0.3 is 0 Å². The molecule has 96 valence electrons. The van der Waals surface area contributed by atoms with Gasteiger partial charge in [-0.2, -0.15) is 9.98 Å². The van der Waals surface area contributed by atoms with Gasteiger partial charge in [0.1, 0.15) is 0 Å². The first kappa shape index (κ1) is 13.8. The fourth-order valence-corrected chi connectivity index (χ4v) is 1.46. The van der Waals surface area contributed by atoms with Crippen LogP contribution in [0.1, 0.15) is 5.56 Å². The van der Waals surface area contributed by atoms with Gasteiger partial charge in [-0.05, 0) is 13.0 Å². The Kier molecular flexibility index (Phi) is 3.94. The number of benzene rings is 1. The first-order valence-electron chi connectivity index (χ1n) is 4.56. The molecule has 0 radical (unpaired) electrons. The van der Waals surface area contributed by atoms with Gasteiger partial charge in [0.2, 0.25) is 17.8 Å². The molecule has 1 aromatic rings. The molecule has 0 heterocycles. The van der Waals surface area contributed by atoms with E-state index in [-0.39, 0.29) is 5.56 Å². The Morgan fingerprint density at radius 2 is 1.58 bits per heavy atom. The normalized spacial score (nSPS) is 9.11. The van der Waals surface area contributed by atoms with E-state index in [0.717, 1.165) is 18.2 Å². The van der Waals surface area contributed by atoms with Crippen LogP contribution in [0.4, 0.5) is 22.7 Å². The van der Waals surface area contributed by atoms with E-state index in [2.05, 4.69) is 9.98 Å². The molecule has 0 saturated carbocycles. The number of nitro benzene ring substituents is 2. The van der Waals surface area contributed by atoms with Crippen molar-refractivity contribution in [2.75, 3.05) is 0 Å². The molecule has 0 amide bonds. The van der Waals surface area contributed by atoms with Gasteiger partial charge in [0.05, 0.1) is 9.85 Å². The average Bonchev–Trinajstić information content (AvgIpc) is 2.28. The molecule has 0 aromatic heterocycles. The molecule has 0 spiro atoms. The minimum absolute atomic E-state index is 0.0430. The third-order valence-electron chi connectivity index (χ3n) is 2.11. The molecule has 0 bridgehead atoms. The number of nitrogens with zero attached hydrogens (tertiary/aromatic N) is 4. The Labute approximate surface area is 104 Å². The molecule has 0 unspecified atom stereocenters. The van der Waals surface area contributed by atoms with Gasteiger partial charge in [-0.3, -0.25) is 20.2 Å². The van der Waals surface area contributed by atoms with Crippen molar-refractivity contribution in [1.29, 1.82) is 0 Å². The Bertz CT molecular complexity index is 670. The van der Waals surface area contributed by atoms with Crippen LogP contribution in [0.2, 0.25) is 0 Å². The fourth-order valence-electron chi connectivity index (χ4n) is 1.46. The smallest absolute Gasteiger partial charge is 0.258 e. The zero-order valence-corrected chi connectivity index (χ0v) is 9.32. The lowest BCUT2D eigenvalue weighted by Crippen LogP contribution is -1.97. The number of hydrogen-bond acceptors (Lipinski definition) is 8. The van der Waals surface area contributed by atoms with Gasteiger partial charge in [0, 0.05) is 5.56 Å². The van der Waals surface area contributed by atoms with Crippen molar-refractivity contribution in [2.24, 2.45) is 9.98 Å². The van der Waals surface area contributed by atoms with Crippen molar-refractivity contribution in [1.82, 2.24) is 0 Å². The van der Waals surface area contributed by atoms with Gasteiger partial charge in [-0.25, -0.2) is 9.59 Å². The Balaban J connectivity index is 3.96. The SMILES string of the molecule is Cc1cc(N=C=O)c([N+](=O)[O-])c(N=C=O)c1[N+](=O)[O-]. The minimum Gasteiger partial charge on any atom is -0.258 e. The van der Waals surface area contributed by atoms with E-state index in [4.69, 9.17) is 0 Å². The molecule has 0 aliphatic carbocycles. The molecule has 10 nitrogen and oxygen atoms in total. The van der Waals surface area contributed by atoms with E-state index >= 15 is 0 Å². The second-order valence-electron chi connectivity index (χ2n) is 3.18. The minimum atomic E-state index is -1.03. The molecule has 0 aliphatic rings. The highest BCUT2D eigenvalue weighted by Crippen LogP contribution is 2.45. The Morgan fingerprint density at radius 3 is 2.00 bits per heavy atom. The van der Waals surface area contributed by atoms with Crippen LogP contribution >= 0.6 is 0 Å². The number of carbonyl (C=O) groups excluding carboxylic acids is 2. The van der Waals surface area contributed by atoms with Crippen LogP contribution in [-0.2, 0) is 9.59 Å². The highest BCUT2D eigenvalue weighted by molar-refractivity contribution is 5.84. The highest BCUT2D eigenvalue weighted by atomic mass is 16.6. The summed E-state index contributed by atoms with van der Waals surface area (Å²) in [6.07, 6.45) is 2.08. The topological polar surface area (TPSA) is 145 Å². The number of isocyanates is 2. The summed E-state index contributed by atoms with van der Waals surface area (Å²) >= 11 is 0. The predicted molar refractivity (Wildman–Crippen MR) is 60.1 cm³/mol. The van der Waals surface area contributed by atoms with Crippen LogP contribution in [0, 0.1) is 27.2 Å². The largest absolute Gasteiger partial charge is 0.329 e. The van der Waals surface area contributed by atoms with Crippen molar-refractivity contribution in [3.8, 4) is 0 Å². The summed E-state index contributed by atoms with van der Waals surface area (Å²) < 4.78 is 0. The molecule has 19 heavy (non-hydrogen) atoms. The number of nitro groups is 2. The van der Waals surface area contributed by atoms with Crippen molar-refractivity contribution < 1.29 is 19.4 Å². The summed E-state index contributed by atoms with van der Waals surface area (Å²) in [4.78, 5) is 46.3. The van der Waals surface area contributed by atoms with Gasteiger partial charge in [-0.1, -0.05) is 0 Å². The number of aliphatic imine (C=N–C) groups is 2. The van der Waals surface area contributed by atoms with Crippen LogP contribution in [0.15, 0.2) is 16.1 Å². The molecule has 0 saturated heterocycles. The first-order valence-corrected chi connectivity index (χ1v) is 4.56. The van der Waals surface area contributed by atoms with Crippen LogP contribution in [0.3, 0.4) is 0 Å². The van der Waals surface area contributed by atoms with E-state index in [1.807, 2.05) is 0 Å². The Hall–Kier alpha value is -3.22. The molecular formula is C9H4N4O6. The van der Waals surface area contributed by atoms with Crippen LogP contribution in [0.5, 0.6) is 0 Å². The summed E-state index contributed by atoms with van der Waals surface area (Å²) in [5, 5.41) is 21.7. The zero-order chi connectivity index (χ0) is 14.6. The maximum atomic E-state index is 10.9. The second kappa shape index (κ2) is 5.41. The number of hydrogen-bond donors (Lipinski definition) is 0. The van der Waals surface area contributed by atoms with Crippen molar-refractivity contribution >= 4 is 34.9 Å². The molecule has 0 fully saturated rings. The van der Waals surface area contributed by atoms with E-state index in [1.165, 1.54) is 6.92 Å². The second-order valence-corrected chi connectivity index (χ2v) is 3.18. The molecule has 1 aromatic carbocycles. The van der Waals surface area contributed by atoms with Crippen molar-refractivity contribution in [3.63, 3.8) is 0 Å². The summed E-state index contributed by atoms with van der Waals surface area (Å²) in [5.41, 5.74) is -2.97. The van der Waals surface area contributed by atoms with Crippen LogP contribution in [-0.4, -0.2) is 22.0 Å². The van der Waals surface area contributed by atoms with Gasteiger partial charge in [0.15, 0.2) is 5.69 Å². The van der Waals surface area contributed by atoms with Crippen LogP contribution in [0.25, 0.3) is 0 Å². The summed E-state index contributed by atoms with van der Waals surface area (Å²) in [6.45, 7) is 1.26. The summed E-state index contributed by atoms with van der Waals surface area (Å²) in [5.74, 6) is 0. The third-order valence-corrected chi connectivity index (χ3v) is 2.11. The lowest BCUT2D eigenvalue weighted by molar-refractivity contribution is -0.392. The predicted octanol–water partition coefficient (Wildman–Crippen LogP) is 1.75. The average molecular weight is 264 g/mol. The lowest BCUT2D eigenvalue weighted by atomic mass is 10.1. The molecule has 0 N–H and O–H groups in total. The van der Waals surface area contributed by atoms with E-state index < -0.39 is 32.6 Å². The molecule has 1 rings (SSSR count). The zero-order valence-electron chi connectivity index (χ0n) is 9.32. The summed E-state index contributed by atoms with van der Waals surface area (Å²) in [6, 6.07) is 0.963. The lowest BCUT2D eigenvalue weighted by Gasteiger charge is -2.03. The van der Waals surface area contributed by atoms with Crippen LogP contribution < -0.4 is 0 Å². The Morgan fingerprint density at radius 1 is 1.05 bits per heavy atom. The molecule has 0 atom stereocenters. The third kappa shape index (κ3) is 2.55. The van der Waals surface area contributed by atoms with Gasteiger partial charge >= 0.3 is 11.4 Å². The first-order chi connectivity index (χ1) is 8.93. The molecule has 0 aliphatic heterocycles. The van der Waals surface area contributed by atoms with Crippen molar-refractivity contribution in [2.45, 2.75) is 6.92 Å². The van der Waals surface area contributed by atoms with E-state index in [1.54, 1.807) is 0 Å². The molecule has 10 heteroatoms.